The van der Waals surface area contributed by atoms with Crippen LogP contribution in [-0.2, 0) is 18.4 Å². The Bertz CT molecular complexity index is 765. The van der Waals surface area contributed by atoms with Gasteiger partial charge in [-0.2, -0.15) is 5.10 Å². The number of halogens is 1. The lowest BCUT2D eigenvalue weighted by atomic mass is 9.93. The second-order valence-corrected chi connectivity index (χ2v) is 7.32. The van der Waals surface area contributed by atoms with E-state index in [1.165, 1.54) is 30.0 Å². The number of aromatic nitrogens is 2. The van der Waals surface area contributed by atoms with E-state index in [9.17, 15) is 9.18 Å². The minimum Gasteiger partial charge on any atom is -0.484 e. The van der Waals surface area contributed by atoms with Crippen molar-refractivity contribution in [1.29, 1.82) is 0 Å². The van der Waals surface area contributed by atoms with E-state index in [-0.39, 0.29) is 18.3 Å². The molecule has 1 fully saturated rings. The normalized spacial score (nSPS) is 15.4. The number of piperidine rings is 1. The van der Waals surface area contributed by atoms with Crippen LogP contribution in [0.4, 0.5) is 4.39 Å². The zero-order chi connectivity index (χ0) is 19.4. The van der Waals surface area contributed by atoms with Gasteiger partial charge >= 0.3 is 0 Å². The van der Waals surface area contributed by atoms with E-state index in [2.05, 4.69) is 16.1 Å². The molecule has 1 amide bonds. The highest BCUT2D eigenvalue weighted by Gasteiger charge is 2.26. The monoisotopic (exact) mass is 374 g/mol. The molecule has 3 rings (SSSR count). The Hall–Kier alpha value is -2.41. The summed E-state index contributed by atoms with van der Waals surface area (Å²) < 4.78 is 20.3. The standard InChI is InChI=1S/C20H27FN4O2/c1-23(2)13-17-12-19(22-24(17)3)15-8-10-25(11-9-15)20(26)14-27-18-6-4-16(21)5-7-18/h4-7,12,15H,8-11,13-14H2,1-3H3. The molecule has 2 heterocycles. The van der Waals surface area contributed by atoms with Crippen LogP contribution in [0.2, 0.25) is 0 Å². The largest absolute Gasteiger partial charge is 0.484 e. The first-order chi connectivity index (χ1) is 12.9. The summed E-state index contributed by atoms with van der Waals surface area (Å²) in [5.41, 5.74) is 2.31. The molecule has 1 saturated heterocycles. The number of hydrogen-bond acceptors (Lipinski definition) is 4. The maximum Gasteiger partial charge on any atom is 0.260 e. The van der Waals surface area contributed by atoms with Crippen molar-refractivity contribution in [3.63, 3.8) is 0 Å². The van der Waals surface area contributed by atoms with Gasteiger partial charge in [0.25, 0.3) is 5.91 Å². The minimum absolute atomic E-state index is 0.0210. The summed E-state index contributed by atoms with van der Waals surface area (Å²) in [6.45, 7) is 2.25. The summed E-state index contributed by atoms with van der Waals surface area (Å²) in [5.74, 6) is 0.529. The molecule has 7 heteroatoms. The van der Waals surface area contributed by atoms with Gasteiger partial charge in [-0.05, 0) is 57.3 Å². The highest BCUT2D eigenvalue weighted by molar-refractivity contribution is 5.77. The van der Waals surface area contributed by atoms with Gasteiger partial charge < -0.3 is 14.5 Å². The Morgan fingerprint density at radius 1 is 1.26 bits per heavy atom. The highest BCUT2D eigenvalue weighted by Crippen LogP contribution is 2.28. The lowest BCUT2D eigenvalue weighted by molar-refractivity contribution is -0.134. The van der Waals surface area contributed by atoms with Crippen LogP contribution in [0.1, 0.15) is 30.1 Å². The molecule has 0 spiro atoms. The first-order valence-electron chi connectivity index (χ1n) is 9.26. The van der Waals surface area contributed by atoms with Crippen molar-refractivity contribution in [2.45, 2.75) is 25.3 Å². The van der Waals surface area contributed by atoms with E-state index in [1.54, 1.807) is 0 Å². The molecule has 0 atom stereocenters. The number of ether oxygens (including phenoxy) is 1. The van der Waals surface area contributed by atoms with Crippen molar-refractivity contribution >= 4 is 5.91 Å². The van der Waals surface area contributed by atoms with Crippen LogP contribution in [0.5, 0.6) is 5.75 Å². The Balaban J connectivity index is 1.49. The molecular formula is C20H27FN4O2. The van der Waals surface area contributed by atoms with Crippen molar-refractivity contribution < 1.29 is 13.9 Å². The Labute approximate surface area is 159 Å². The third kappa shape index (κ3) is 5.07. The number of aryl methyl sites for hydroxylation is 1. The minimum atomic E-state index is -0.320. The summed E-state index contributed by atoms with van der Waals surface area (Å²) in [6, 6.07) is 7.88. The fourth-order valence-corrected chi connectivity index (χ4v) is 3.39. The van der Waals surface area contributed by atoms with Gasteiger partial charge in [-0.15, -0.1) is 0 Å². The predicted octanol–water partition coefficient (Wildman–Crippen LogP) is 2.41. The molecular weight excluding hydrogens is 347 g/mol. The summed E-state index contributed by atoms with van der Waals surface area (Å²) in [4.78, 5) is 16.3. The number of carbonyl (C=O) groups excluding carboxylic acids is 1. The topological polar surface area (TPSA) is 50.6 Å². The van der Waals surface area contributed by atoms with Crippen LogP contribution < -0.4 is 4.74 Å². The van der Waals surface area contributed by atoms with Gasteiger partial charge in [-0.1, -0.05) is 0 Å². The molecule has 0 N–H and O–H groups in total. The fraction of sp³-hybridized carbons (Fsp3) is 0.500. The molecule has 1 aliphatic rings. The number of carbonyl (C=O) groups is 1. The quantitative estimate of drug-likeness (QED) is 0.779. The highest BCUT2D eigenvalue weighted by atomic mass is 19.1. The van der Waals surface area contributed by atoms with Gasteiger partial charge in [0.15, 0.2) is 6.61 Å². The van der Waals surface area contributed by atoms with E-state index in [4.69, 9.17) is 4.74 Å². The summed E-state index contributed by atoms with van der Waals surface area (Å²) in [7, 11) is 6.07. The van der Waals surface area contributed by atoms with Gasteiger partial charge in [0.05, 0.1) is 11.4 Å². The Morgan fingerprint density at radius 3 is 2.56 bits per heavy atom. The number of likely N-dealkylation sites (tertiary alicyclic amines) is 1. The van der Waals surface area contributed by atoms with Crippen molar-refractivity contribution in [1.82, 2.24) is 19.6 Å². The lowest BCUT2D eigenvalue weighted by Gasteiger charge is -2.31. The maximum atomic E-state index is 12.9. The molecule has 146 valence electrons. The number of rotatable bonds is 6. The molecule has 2 aromatic rings. The number of hydrogen-bond donors (Lipinski definition) is 0. The van der Waals surface area contributed by atoms with E-state index >= 15 is 0 Å². The molecule has 1 aliphatic heterocycles. The summed E-state index contributed by atoms with van der Waals surface area (Å²) in [6.07, 6.45) is 1.81. The van der Waals surface area contributed by atoms with E-state index < -0.39 is 0 Å². The van der Waals surface area contributed by atoms with Crippen molar-refractivity contribution in [2.75, 3.05) is 33.8 Å². The molecule has 27 heavy (non-hydrogen) atoms. The van der Waals surface area contributed by atoms with Crippen LogP contribution in [0.3, 0.4) is 0 Å². The summed E-state index contributed by atoms with van der Waals surface area (Å²) >= 11 is 0. The fourth-order valence-electron chi connectivity index (χ4n) is 3.39. The van der Waals surface area contributed by atoms with E-state index in [0.717, 1.165) is 25.1 Å². The first kappa shape index (κ1) is 19.4. The molecule has 1 aromatic heterocycles. The van der Waals surface area contributed by atoms with Gasteiger partial charge in [0.1, 0.15) is 11.6 Å². The van der Waals surface area contributed by atoms with Gasteiger partial charge in [0.2, 0.25) is 0 Å². The molecule has 0 saturated carbocycles. The third-order valence-corrected chi connectivity index (χ3v) is 4.92. The van der Waals surface area contributed by atoms with Crippen molar-refractivity contribution in [3.8, 4) is 5.75 Å². The van der Waals surface area contributed by atoms with Crippen LogP contribution >= 0.6 is 0 Å². The summed E-state index contributed by atoms with van der Waals surface area (Å²) in [5, 5.41) is 4.67. The Kier molecular flexibility index (Phi) is 6.11. The third-order valence-electron chi connectivity index (χ3n) is 4.92. The van der Waals surface area contributed by atoms with E-state index in [1.807, 2.05) is 30.7 Å². The molecule has 0 unspecified atom stereocenters. The lowest BCUT2D eigenvalue weighted by Crippen LogP contribution is -2.40. The van der Waals surface area contributed by atoms with Crippen LogP contribution in [0.25, 0.3) is 0 Å². The van der Waals surface area contributed by atoms with Crippen molar-refractivity contribution in [3.05, 3.63) is 47.5 Å². The first-order valence-corrected chi connectivity index (χ1v) is 9.26. The zero-order valence-electron chi connectivity index (χ0n) is 16.2. The van der Waals surface area contributed by atoms with Gasteiger partial charge in [-0.25, -0.2) is 4.39 Å². The van der Waals surface area contributed by atoms with Crippen LogP contribution in [0, 0.1) is 5.82 Å². The maximum absolute atomic E-state index is 12.9. The number of benzene rings is 1. The molecule has 0 radical (unpaired) electrons. The molecule has 0 aliphatic carbocycles. The van der Waals surface area contributed by atoms with Crippen LogP contribution in [0.15, 0.2) is 30.3 Å². The molecule has 0 bridgehead atoms. The zero-order valence-corrected chi connectivity index (χ0v) is 16.2. The van der Waals surface area contributed by atoms with Crippen LogP contribution in [-0.4, -0.2) is 59.3 Å². The molecule has 1 aromatic carbocycles. The number of nitrogens with zero attached hydrogens (tertiary/aromatic N) is 4. The number of amides is 1. The van der Waals surface area contributed by atoms with Crippen molar-refractivity contribution in [2.24, 2.45) is 7.05 Å². The van der Waals surface area contributed by atoms with Gasteiger partial charge in [-0.3, -0.25) is 9.48 Å². The smallest absolute Gasteiger partial charge is 0.260 e. The van der Waals surface area contributed by atoms with E-state index in [0.29, 0.717) is 24.8 Å². The average molecular weight is 374 g/mol. The second-order valence-electron chi connectivity index (χ2n) is 7.32. The predicted molar refractivity (Wildman–Crippen MR) is 101 cm³/mol. The molecule has 6 nitrogen and oxygen atoms in total. The second kappa shape index (κ2) is 8.52. The average Bonchev–Trinajstić information content (AvgIpc) is 3.01. The Morgan fingerprint density at radius 2 is 1.93 bits per heavy atom. The van der Waals surface area contributed by atoms with Gasteiger partial charge in [0, 0.05) is 32.6 Å². The SMILES string of the molecule is CN(C)Cc1cc(C2CCN(C(=O)COc3ccc(F)cc3)CC2)nn1C.